The van der Waals surface area contributed by atoms with Crippen molar-refractivity contribution < 1.29 is 9.53 Å². The van der Waals surface area contributed by atoms with Crippen molar-refractivity contribution in [3.05, 3.63) is 59.7 Å². The standard InChI is InChI=1S/C18H22N2O2/c1-14-7-9-16(10-8-14)20-18(21)13-19-12-11-15-5-3-4-6-17(15)22-2/h3-10,19H,11-13H2,1-2H3,(H,20,21). The van der Waals surface area contributed by atoms with Crippen LogP contribution in [0.2, 0.25) is 0 Å². The van der Waals surface area contributed by atoms with Gasteiger partial charge in [-0.2, -0.15) is 0 Å². The molecular weight excluding hydrogens is 276 g/mol. The van der Waals surface area contributed by atoms with E-state index in [2.05, 4.69) is 10.6 Å². The van der Waals surface area contributed by atoms with E-state index < -0.39 is 0 Å². The summed E-state index contributed by atoms with van der Waals surface area (Å²) >= 11 is 0. The molecule has 0 fully saturated rings. The van der Waals surface area contributed by atoms with E-state index in [1.165, 1.54) is 5.56 Å². The first-order chi connectivity index (χ1) is 10.7. The molecule has 0 saturated carbocycles. The maximum atomic E-state index is 11.8. The zero-order valence-electron chi connectivity index (χ0n) is 13.1. The fraction of sp³-hybridized carbons (Fsp3) is 0.278. The smallest absolute Gasteiger partial charge is 0.238 e. The van der Waals surface area contributed by atoms with Crippen LogP contribution in [0, 0.1) is 6.92 Å². The second-order valence-electron chi connectivity index (χ2n) is 5.15. The second-order valence-corrected chi connectivity index (χ2v) is 5.15. The average Bonchev–Trinajstić information content (AvgIpc) is 2.54. The highest BCUT2D eigenvalue weighted by molar-refractivity contribution is 5.92. The molecule has 2 rings (SSSR count). The van der Waals surface area contributed by atoms with Crippen molar-refractivity contribution >= 4 is 11.6 Å². The average molecular weight is 298 g/mol. The number of methoxy groups -OCH3 is 1. The molecule has 0 saturated heterocycles. The Morgan fingerprint density at radius 1 is 1.09 bits per heavy atom. The van der Waals surface area contributed by atoms with E-state index in [-0.39, 0.29) is 5.91 Å². The van der Waals surface area contributed by atoms with Gasteiger partial charge < -0.3 is 15.4 Å². The van der Waals surface area contributed by atoms with Gasteiger partial charge in [-0.15, -0.1) is 0 Å². The van der Waals surface area contributed by atoms with Crippen LogP contribution in [0.4, 0.5) is 5.69 Å². The minimum Gasteiger partial charge on any atom is -0.496 e. The molecule has 0 radical (unpaired) electrons. The molecule has 0 heterocycles. The lowest BCUT2D eigenvalue weighted by molar-refractivity contribution is -0.115. The van der Waals surface area contributed by atoms with Gasteiger partial charge in [0.05, 0.1) is 13.7 Å². The van der Waals surface area contributed by atoms with Crippen LogP contribution in [0.5, 0.6) is 5.75 Å². The largest absolute Gasteiger partial charge is 0.496 e. The van der Waals surface area contributed by atoms with Gasteiger partial charge in [0.25, 0.3) is 0 Å². The number of amides is 1. The summed E-state index contributed by atoms with van der Waals surface area (Å²) in [6.45, 7) is 3.04. The molecule has 4 nitrogen and oxygen atoms in total. The van der Waals surface area contributed by atoms with Crippen LogP contribution in [0.3, 0.4) is 0 Å². The minimum absolute atomic E-state index is 0.0381. The highest BCUT2D eigenvalue weighted by Crippen LogP contribution is 2.17. The van der Waals surface area contributed by atoms with Crippen LogP contribution in [0.25, 0.3) is 0 Å². The molecule has 0 bridgehead atoms. The molecule has 0 atom stereocenters. The van der Waals surface area contributed by atoms with Gasteiger partial charge in [0.15, 0.2) is 0 Å². The summed E-state index contributed by atoms with van der Waals surface area (Å²) in [6.07, 6.45) is 0.821. The minimum atomic E-state index is -0.0381. The monoisotopic (exact) mass is 298 g/mol. The predicted molar refractivity (Wildman–Crippen MR) is 89.4 cm³/mol. The molecule has 1 amide bonds. The molecule has 116 valence electrons. The van der Waals surface area contributed by atoms with Crippen LogP contribution in [-0.4, -0.2) is 26.1 Å². The first-order valence-corrected chi connectivity index (χ1v) is 7.38. The van der Waals surface area contributed by atoms with E-state index >= 15 is 0 Å². The Labute approximate surface area is 131 Å². The number of para-hydroxylation sites is 1. The summed E-state index contributed by atoms with van der Waals surface area (Å²) in [7, 11) is 1.67. The molecule has 0 aliphatic carbocycles. The normalized spacial score (nSPS) is 10.3. The van der Waals surface area contributed by atoms with Crippen molar-refractivity contribution in [3.63, 3.8) is 0 Å². The van der Waals surface area contributed by atoms with E-state index in [0.29, 0.717) is 6.54 Å². The van der Waals surface area contributed by atoms with E-state index in [1.807, 2.05) is 55.5 Å². The Balaban J connectivity index is 1.72. The van der Waals surface area contributed by atoms with E-state index in [0.717, 1.165) is 30.0 Å². The van der Waals surface area contributed by atoms with Gasteiger partial charge in [0.1, 0.15) is 5.75 Å². The fourth-order valence-corrected chi connectivity index (χ4v) is 2.18. The fourth-order valence-electron chi connectivity index (χ4n) is 2.18. The molecule has 0 aromatic heterocycles. The molecule has 0 aliphatic heterocycles. The molecule has 0 aliphatic rings. The maximum absolute atomic E-state index is 11.8. The van der Waals surface area contributed by atoms with Gasteiger partial charge in [-0.25, -0.2) is 0 Å². The number of rotatable bonds is 7. The van der Waals surface area contributed by atoms with Gasteiger partial charge in [0.2, 0.25) is 5.91 Å². The van der Waals surface area contributed by atoms with Crippen molar-refractivity contribution in [2.24, 2.45) is 0 Å². The Morgan fingerprint density at radius 2 is 1.82 bits per heavy atom. The Hall–Kier alpha value is -2.33. The van der Waals surface area contributed by atoms with Crippen LogP contribution >= 0.6 is 0 Å². The Bertz CT molecular complexity index is 609. The summed E-state index contributed by atoms with van der Waals surface area (Å²) in [6, 6.07) is 15.7. The number of benzene rings is 2. The number of hydrogen-bond donors (Lipinski definition) is 2. The molecule has 2 aromatic carbocycles. The number of ether oxygens (including phenoxy) is 1. The molecule has 2 aromatic rings. The lowest BCUT2D eigenvalue weighted by atomic mass is 10.1. The number of nitrogens with one attached hydrogen (secondary N) is 2. The topological polar surface area (TPSA) is 50.4 Å². The third-order valence-electron chi connectivity index (χ3n) is 3.38. The van der Waals surface area contributed by atoms with Crippen molar-refractivity contribution in [2.45, 2.75) is 13.3 Å². The molecule has 4 heteroatoms. The van der Waals surface area contributed by atoms with Crippen LogP contribution in [0.1, 0.15) is 11.1 Å². The lowest BCUT2D eigenvalue weighted by Crippen LogP contribution is -2.29. The van der Waals surface area contributed by atoms with E-state index in [4.69, 9.17) is 4.74 Å². The Kier molecular flexibility index (Phi) is 5.98. The number of carbonyl (C=O) groups excluding carboxylic acids is 1. The molecule has 2 N–H and O–H groups in total. The first kappa shape index (κ1) is 16.0. The number of anilines is 1. The van der Waals surface area contributed by atoms with Crippen molar-refractivity contribution in [1.29, 1.82) is 0 Å². The zero-order chi connectivity index (χ0) is 15.8. The van der Waals surface area contributed by atoms with Crippen LogP contribution < -0.4 is 15.4 Å². The third kappa shape index (κ3) is 4.90. The predicted octanol–water partition coefficient (Wildman–Crippen LogP) is 2.77. The Morgan fingerprint density at radius 3 is 2.55 bits per heavy atom. The number of carbonyl (C=O) groups is 1. The van der Waals surface area contributed by atoms with Crippen molar-refractivity contribution in [2.75, 3.05) is 25.5 Å². The number of hydrogen-bond acceptors (Lipinski definition) is 3. The highest BCUT2D eigenvalue weighted by Gasteiger charge is 2.03. The maximum Gasteiger partial charge on any atom is 0.238 e. The molecule has 0 unspecified atom stereocenters. The zero-order valence-corrected chi connectivity index (χ0v) is 13.1. The van der Waals surface area contributed by atoms with Crippen molar-refractivity contribution in [1.82, 2.24) is 5.32 Å². The van der Waals surface area contributed by atoms with Gasteiger partial charge >= 0.3 is 0 Å². The van der Waals surface area contributed by atoms with E-state index in [1.54, 1.807) is 7.11 Å². The number of aryl methyl sites for hydroxylation is 1. The first-order valence-electron chi connectivity index (χ1n) is 7.38. The van der Waals surface area contributed by atoms with Gasteiger partial charge in [-0.05, 0) is 43.7 Å². The quantitative estimate of drug-likeness (QED) is 0.773. The van der Waals surface area contributed by atoms with Crippen LogP contribution in [0.15, 0.2) is 48.5 Å². The van der Waals surface area contributed by atoms with Gasteiger partial charge in [0, 0.05) is 5.69 Å². The lowest BCUT2D eigenvalue weighted by Gasteiger charge is -2.09. The summed E-state index contributed by atoms with van der Waals surface area (Å²) < 4.78 is 5.31. The molecular formula is C18H22N2O2. The molecule has 0 spiro atoms. The summed E-state index contributed by atoms with van der Waals surface area (Å²) in [5, 5.41) is 6.01. The van der Waals surface area contributed by atoms with Gasteiger partial charge in [-0.3, -0.25) is 4.79 Å². The summed E-state index contributed by atoms with van der Waals surface area (Å²) in [5.74, 6) is 0.845. The van der Waals surface area contributed by atoms with Crippen LogP contribution in [-0.2, 0) is 11.2 Å². The highest BCUT2D eigenvalue weighted by atomic mass is 16.5. The summed E-state index contributed by atoms with van der Waals surface area (Å²) in [4.78, 5) is 11.8. The molecule has 22 heavy (non-hydrogen) atoms. The third-order valence-corrected chi connectivity index (χ3v) is 3.38. The second kappa shape index (κ2) is 8.20. The summed E-state index contributed by atoms with van der Waals surface area (Å²) in [5.41, 5.74) is 3.13. The SMILES string of the molecule is COc1ccccc1CCNCC(=O)Nc1ccc(C)cc1. The van der Waals surface area contributed by atoms with Crippen molar-refractivity contribution in [3.8, 4) is 5.75 Å². The van der Waals surface area contributed by atoms with Gasteiger partial charge in [-0.1, -0.05) is 35.9 Å². The van der Waals surface area contributed by atoms with E-state index in [9.17, 15) is 4.79 Å².